The number of carboxylic acid groups (broad SMARTS) is 1. The first-order valence-electron chi connectivity index (χ1n) is 4.98. The molecule has 0 radical (unpaired) electrons. The zero-order valence-corrected chi connectivity index (χ0v) is 11.6. The SMILES string of the molecule is CC(C)c1nc(C(=O)O)c(-c2ccc(Br)o2)s1. The monoisotopic (exact) mass is 315 g/mol. The topological polar surface area (TPSA) is 63.3 Å². The Bertz CT molecular complexity index is 559. The van der Waals surface area contributed by atoms with Gasteiger partial charge in [0.2, 0.25) is 0 Å². The predicted octanol–water partition coefficient (Wildman–Crippen LogP) is 3.99. The summed E-state index contributed by atoms with van der Waals surface area (Å²) in [7, 11) is 0. The molecule has 0 aliphatic carbocycles. The van der Waals surface area contributed by atoms with Crippen LogP contribution in [0.15, 0.2) is 21.2 Å². The van der Waals surface area contributed by atoms with Crippen LogP contribution in [0.2, 0.25) is 0 Å². The van der Waals surface area contributed by atoms with E-state index in [-0.39, 0.29) is 11.6 Å². The summed E-state index contributed by atoms with van der Waals surface area (Å²) in [6.07, 6.45) is 0. The van der Waals surface area contributed by atoms with Crippen molar-refractivity contribution in [3.8, 4) is 10.6 Å². The van der Waals surface area contributed by atoms with Gasteiger partial charge in [-0.25, -0.2) is 9.78 Å². The number of nitrogens with zero attached hydrogens (tertiary/aromatic N) is 1. The van der Waals surface area contributed by atoms with Gasteiger partial charge in [-0.15, -0.1) is 11.3 Å². The third-order valence-electron chi connectivity index (χ3n) is 2.14. The third-order valence-corrected chi connectivity index (χ3v) is 3.93. The summed E-state index contributed by atoms with van der Waals surface area (Å²) in [5.41, 5.74) is 0.0561. The van der Waals surface area contributed by atoms with E-state index in [1.165, 1.54) is 11.3 Å². The van der Waals surface area contributed by atoms with Crippen LogP contribution in [0.4, 0.5) is 0 Å². The molecule has 0 aliphatic heterocycles. The lowest BCUT2D eigenvalue weighted by atomic mass is 10.2. The van der Waals surface area contributed by atoms with Gasteiger partial charge in [0.25, 0.3) is 0 Å². The highest BCUT2D eigenvalue weighted by molar-refractivity contribution is 9.10. The lowest BCUT2D eigenvalue weighted by molar-refractivity contribution is 0.0691. The fourth-order valence-corrected chi connectivity index (χ4v) is 2.66. The van der Waals surface area contributed by atoms with E-state index in [0.717, 1.165) is 5.01 Å². The molecule has 0 amide bonds. The Balaban J connectivity index is 2.55. The van der Waals surface area contributed by atoms with Crippen molar-refractivity contribution in [2.75, 3.05) is 0 Å². The van der Waals surface area contributed by atoms with Crippen molar-refractivity contribution in [2.45, 2.75) is 19.8 Å². The van der Waals surface area contributed by atoms with Crippen LogP contribution in [-0.4, -0.2) is 16.1 Å². The number of carbonyl (C=O) groups is 1. The average molecular weight is 316 g/mol. The molecule has 17 heavy (non-hydrogen) atoms. The summed E-state index contributed by atoms with van der Waals surface area (Å²) in [5.74, 6) is -0.306. The standard InChI is InChI=1S/C11H10BrNO3S/c1-5(2)10-13-8(11(14)15)9(17-10)6-3-4-7(12)16-6/h3-5H,1-2H3,(H,14,15). The minimum atomic E-state index is -1.03. The molecule has 2 aromatic rings. The molecule has 0 atom stereocenters. The number of halogens is 1. The Morgan fingerprint density at radius 2 is 2.24 bits per heavy atom. The van der Waals surface area contributed by atoms with Crippen molar-refractivity contribution in [2.24, 2.45) is 0 Å². The fraction of sp³-hybridized carbons (Fsp3) is 0.273. The lowest BCUT2D eigenvalue weighted by Gasteiger charge is -1.94. The zero-order valence-electron chi connectivity index (χ0n) is 9.23. The summed E-state index contributed by atoms with van der Waals surface area (Å²) >= 11 is 4.55. The Labute approximate surface area is 110 Å². The third kappa shape index (κ3) is 2.42. The predicted molar refractivity (Wildman–Crippen MR) is 68.6 cm³/mol. The van der Waals surface area contributed by atoms with Crippen LogP contribution in [0.5, 0.6) is 0 Å². The van der Waals surface area contributed by atoms with Gasteiger partial charge in [0.15, 0.2) is 10.4 Å². The Kier molecular flexibility index (Phi) is 3.35. The van der Waals surface area contributed by atoms with Crippen LogP contribution >= 0.6 is 27.3 Å². The van der Waals surface area contributed by atoms with E-state index in [0.29, 0.717) is 15.3 Å². The number of hydrogen-bond donors (Lipinski definition) is 1. The van der Waals surface area contributed by atoms with E-state index in [1.54, 1.807) is 12.1 Å². The molecule has 4 nitrogen and oxygen atoms in total. The number of furan rings is 1. The van der Waals surface area contributed by atoms with Gasteiger partial charge in [0.05, 0.1) is 5.01 Å². The zero-order chi connectivity index (χ0) is 12.6. The molecule has 2 aromatic heterocycles. The molecule has 2 heterocycles. The molecule has 2 rings (SSSR count). The normalized spacial score (nSPS) is 11.1. The first-order chi connectivity index (χ1) is 7.99. The highest BCUT2D eigenvalue weighted by atomic mass is 79.9. The molecule has 0 unspecified atom stereocenters. The summed E-state index contributed by atoms with van der Waals surface area (Å²) in [5, 5.41) is 9.92. The van der Waals surface area contributed by atoms with Crippen LogP contribution in [0.25, 0.3) is 10.6 Å². The minimum absolute atomic E-state index is 0.0561. The van der Waals surface area contributed by atoms with Crippen molar-refractivity contribution >= 4 is 33.2 Å². The van der Waals surface area contributed by atoms with E-state index < -0.39 is 5.97 Å². The molecule has 0 aromatic carbocycles. The molecule has 0 fully saturated rings. The van der Waals surface area contributed by atoms with E-state index >= 15 is 0 Å². The van der Waals surface area contributed by atoms with Gasteiger partial charge in [-0.1, -0.05) is 13.8 Å². The van der Waals surface area contributed by atoms with Crippen molar-refractivity contribution in [3.63, 3.8) is 0 Å². The fourth-order valence-electron chi connectivity index (χ4n) is 1.33. The maximum atomic E-state index is 11.1. The largest absolute Gasteiger partial charge is 0.476 e. The van der Waals surface area contributed by atoms with Crippen LogP contribution in [0.3, 0.4) is 0 Å². The molecular formula is C11H10BrNO3S. The summed E-state index contributed by atoms with van der Waals surface area (Å²) in [6, 6.07) is 3.46. The number of carboxylic acids is 1. The molecule has 0 bridgehead atoms. The van der Waals surface area contributed by atoms with E-state index in [1.807, 2.05) is 13.8 Å². The molecular weight excluding hydrogens is 306 g/mol. The summed E-state index contributed by atoms with van der Waals surface area (Å²) in [4.78, 5) is 15.8. The van der Waals surface area contributed by atoms with Crippen molar-refractivity contribution in [1.82, 2.24) is 4.98 Å². The van der Waals surface area contributed by atoms with E-state index in [4.69, 9.17) is 9.52 Å². The highest BCUT2D eigenvalue weighted by Gasteiger charge is 2.22. The van der Waals surface area contributed by atoms with Gasteiger partial charge in [0.1, 0.15) is 10.6 Å². The second kappa shape index (κ2) is 4.62. The van der Waals surface area contributed by atoms with Gasteiger partial charge in [0, 0.05) is 5.92 Å². The van der Waals surface area contributed by atoms with Crippen LogP contribution in [0, 0.1) is 0 Å². The molecule has 6 heteroatoms. The maximum absolute atomic E-state index is 11.1. The number of hydrogen-bond acceptors (Lipinski definition) is 4. The van der Waals surface area contributed by atoms with Gasteiger partial charge in [-0.2, -0.15) is 0 Å². The molecule has 90 valence electrons. The average Bonchev–Trinajstić information content (AvgIpc) is 2.82. The molecule has 0 saturated carbocycles. The second-order valence-corrected chi connectivity index (χ2v) is 5.61. The quantitative estimate of drug-likeness (QED) is 0.930. The van der Waals surface area contributed by atoms with Gasteiger partial charge >= 0.3 is 5.97 Å². The Morgan fingerprint density at radius 3 is 2.71 bits per heavy atom. The summed E-state index contributed by atoms with van der Waals surface area (Å²) < 4.78 is 5.95. The molecule has 0 saturated heterocycles. The van der Waals surface area contributed by atoms with Gasteiger partial charge in [-0.05, 0) is 28.1 Å². The molecule has 0 aliphatic rings. The van der Waals surface area contributed by atoms with Crippen LogP contribution in [-0.2, 0) is 0 Å². The van der Waals surface area contributed by atoms with Crippen molar-refractivity contribution in [1.29, 1.82) is 0 Å². The number of aromatic nitrogens is 1. The molecule has 1 N–H and O–H groups in total. The Hall–Kier alpha value is -1.14. The second-order valence-electron chi connectivity index (χ2n) is 3.79. The smallest absolute Gasteiger partial charge is 0.356 e. The van der Waals surface area contributed by atoms with Gasteiger partial charge in [-0.3, -0.25) is 0 Å². The van der Waals surface area contributed by atoms with Crippen molar-refractivity contribution < 1.29 is 14.3 Å². The number of aromatic carboxylic acids is 1. The molecule has 0 spiro atoms. The van der Waals surface area contributed by atoms with Crippen LogP contribution < -0.4 is 0 Å². The first-order valence-corrected chi connectivity index (χ1v) is 6.59. The lowest BCUT2D eigenvalue weighted by Crippen LogP contribution is -1.99. The Morgan fingerprint density at radius 1 is 1.53 bits per heavy atom. The van der Waals surface area contributed by atoms with E-state index in [2.05, 4.69) is 20.9 Å². The highest BCUT2D eigenvalue weighted by Crippen LogP contribution is 2.35. The van der Waals surface area contributed by atoms with E-state index in [9.17, 15) is 4.79 Å². The number of rotatable bonds is 3. The van der Waals surface area contributed by atoms with Gasteiger partial charge < -0.3 is 9.52 Å². The summed E-state index contributed by atoms with van der Waals surface area (Å²) in [6.45, 7) is 3.96. The number of thiazole rings is 1. The van der Waals surface area contributed by atoms with Crippen LogP contribution in [0.1, 0.15) is 35.3 Å². The van der Waals surface area contributed by atoms with Crippen molar-refractivity contribution in [3.05, 3.63) is 27.5 Å². The minimum Gasteiger partial charge on any atom is -0.476 e. The maximum Gasteiger partial charge on any atom is 0.356 e. The first kappa shape index (κ1) is 12.3.